The van der Waals surface area contributed by atoms with Crippen LogP contribution < -0.4 is 0 Å². The summed E-state index contributed by atoms with van der Waals surface area (Å²) in [7, 11) is 0. The van der Waals surface area contributed by atoms with Gasteiger partial charge in [-0.1, -0.05) is 0 Å². The average Bonchev–Trinajstić information content (AvgIpc) is 2.72. The predicted octanol–water partition coefficient (Wildman–Crippen LogP) is 2.36. The van der Waals surface area contributed by atoms with Crippen LogP contribution in [0, 0.1) is 0 Å². The Labute approximate surface area is 85.2 Å². The average molecular weight is 212 g/mol. The molecule has 0 saturated heterocycles. The number of phenols is 2. The number of halogens is 2. The van der Waals surface area contributed by atoms with Crippen molar-refractivity contribution in [1.29, 1.82) is 0 Å². The van der Waals surface area contributed by atoms with Crippen molar-refractivity contribution in [2.75, 3.05) is 0 Å². The molecular formula is C11H10F2O2. The zero-order chi connectivity index (χ0) is 10.7. The van der Waals surface area contributed by atoms with Crippen LogP contribution in [0.25, 0.3) is 0 Å². The first kappa shape index (κ1) is 8.95. The van der Waals surface area contributed by atoms with E-state index >= 15 is 0 Å². The van der Waals surface area contributed by atoms with Crippen LogP contribution in [-0.2, 0) is 0 Å². The van der Waals surface area contributed by atoms with Crippen molar-refractivity contribution in [2.45, 2.75) is 30.6 Å². The van der Waals surface area contributed by atoms with Gasteiger partial charge in [-0.2, -0.15) is 0 Å². The van der Waals surface area contributed by atoms with Gasteiger partial charge in [0.25, 0.3) is 0 Å². The molecule has 1 aromatic carbocycles. The quantitative estimate of drug-likeness (QED) is 0.648. The van der Waals surface area contributed by atoms with Crippen molar-refractivity contribution < 1.29 is 19.0 Å². The van der Waals surface area contributed by atoms with Gasteiger partial charge in [-0.15, -0.1) is 0 Å². The second-order valence-electron chi connectivity index (χ2n) is 4.27. The topological polar surface area (TPSA) is 40.5 Å². The van der Waals surface area contributed by atoms with E-state index in [0.29, 0.717) is 17.5 Å². The molecule has 0 spiro atoms. The Hall–Kier alpha value is -1.32. The minimum absolute atomic E-state index is 0.0372. The Morgan fingerprint density at radius 2 is 1.33 bits per heavy atom. The molecule has 15 heavy (non-hydrogen) atoms. The van der Waals surface area contributed by atoms with E-state index in [9.17, 15) is 19.0 Å². The highest BCUT2D eigenvalue weighted by Crippen LogP contribution is 2.60. The van der Waals surface area contributed by atoms with E-state index < -0.39 is 24.2 Å². The van der Waals surface area contributed by atoms with E-state index in [4.69, 9.17) is 0 Å². The molecule has 2 aliphatic rings. The second kappa shape index (κ2) is 2.62. The number of alkyl halides is 2. The Morgan fingerprint density at radius 3 is 1.73 bits per heavy atom. The number of benzene rings is 1. The van der Waals surface area contributed by atoms with Crippen molar-refractivity contribution in [3.8, 4) is 11.5 Å². The normalized spacial score (nSPS) is 36.9. The Morgan fingerprint density at radius 1 is 0.933 bits per heavy atom. The Balaban J connectivity index is 2.25. The zero-order valence-electron chi connectivity index (χ0n) is 7.82. The molecule has 2 bridgehead atoms. The smallest absolute Gasteiger partial charge is 0.139 e. The van der Waals surface area contributed by atoms with Gasteiger partial charge in [-0.3, -0.25) is 0 Å². The van der Waals surface area contributed by atoms with Gasteiger partial charge in [0.2, 0.25) is 0 Å². The third kappa shape index (κ3) is 0.919. The summed E-state index contributed by atoms with van der Waals surface area (Å²) in [5.74, 6) is -1.26. The second-order valence-corrected chi connectivity index (χ2v) is 4.27. The number of aromatic hydroxyl groups is 2. The molecule has 2 N–H and O–H groups in total. The molecule has 4 atom stereocenters. The summed E-state index contributed by atoms with van der Waals surface area (Å²) >= 11 is 0. The third-order valence-electron chi connectivity index (χ3n) is 3.56. The van der Waals surface area contributed by atoms with Gasteiger partial charge < -0.3 is 10.2 Å². The number of rotatable bonds is 0. The van der Waals surface area contributed by atoms with Crippen LogP contribution >= 0.6 is 0 Å². The lowest BCUT2D eigenvalue weighted by atomic mass is 9.88. The molecule has 0 aromatic heterocycles. The summed E-state index contributed by atoms with van der Waals surface area (Å²) in [4.78, 5) is 0. The summed E-state index contributed by atoms with van der Waals surface area (Å²) < 4.78 is 26.9. The van der Waals surface area contributed by atoms with Gasteiger partial charge in [0.1, 0.15) is 23.8 Å². The van der Waals surface area contributed by atoms with Crippen LogP contribution in [0.2, 0.25) is 0 Å². The fourth-order valence-corrected chi connectivity index (χ4v) is 2.92. The molecule has 0 amide bonds. The maximum Gasteiger partial charge on any atom is 0.139 e. The first-order chi connectivity index (χ1) is 7.11. The highest BCUT2D eigenvalue weighted by molar-refractivity contribution is 5.57. The van der Waals surface area contributed by atoms with Crippen LogP contribution in [0.5, 0.6) is 11.5 Å². The molecule has 3 rings (SSSR count). The third-order valence-corrected chi connectivity index (χ3v) is 3.56. The molecule has 0 aliphatic heterocycles. The number of fused-ring (bicyclic) bond motifs is 5. The SMILES string of the molecule is Oc1ccc(O)c2c1C1CC2C(F)C1F. The Bertz CT molecular complexity index is 394. The van der Waals surface area contributed by atoms with E-state index in [1.807, 2.05) is 0 Å². The van der Waals surface area contributed by atoms with Gasteiger partial charge in [-0.25, -0.2) is 8.78 Å². The molecule has 0 radical (unpaired) electrons. The van der Waals surface area contributed by atoms with E-state index in [2.05, 4.69) is 0 Å². The van der Waals surface area contributed by atoms with Crippen LogP contribution in [0.1, 0.15) is 29.4 Å². The highest BCUT2D eigenvalue weighted by Gasteiger charge is 2.54. The first-order valence-electron chi connectivity index (χ1n) is 4.94. The monoisotopic (exact) mass is 212 g/mol. The molecule has 2 nitrogen and oxygen atoms in total. The summed E-state index contributed by atoms with van der Waals surface area (Å²) in [6.45, 7) is 0. The summed E-state index contributed by atoms with van der Waals surface area (Å²) in [6.07, 6.45) is -2.74. The van der Waals surface area contributed by atoms with E-state index in [1.165, 1.54) is 12.1 Å². The minimum Gasteiger partial charge on any atom is -0.508 e. The van der Waals surface area contributed by atoms with Gasteiger partial charge in [0.05, 0.1) is 0 Å². The van der Waals surface area contributed by atoms with E-state index in [0.717, 1.165) is 0 Å². The number of phenolic OH excluding ortho intramolecular Hbond substituents is 2. The van der Waals surface area contributed by atoms with Crippen LogP contribution in [0.15, 0.2) is 12.1 Å². The molecule has 80 valence electrons. The van der Waals surface area contributed by atoms with Gasteiger partial charge in [0.15, 0.2) is 0 Å². The predicted molar refractivity (Wildman–Crippen MR) is 49.7 cm³/mol. The van der Waals surface area contributed by atoms with E-state index in [-0.39, 0.29) is 11.5 Å². The fourth-order valence-electron chi connectivity index (χ4n) is 2.92. The largest absolute Gasteiger partial charge is 0.508 e. The number of hydrogen-bond donors (Lipinski definition) is 2. The van der Waals surface area contributed by atoms with Gasteiger partial charge in [0, 0.05) is 23.0 Å². The molecule has 0 heterocycles. The highest BCUT2D eigenvalue weighted by atomic mass is 19.2. The maximum atomic E-state index is 13.4. The lowest BCUT2D eigenvalue weighted by molar-refractivity contribution is 0.164. The molecule has 1 aromatic rings. The number of hydrogen-bond acceptors (Lipinski definition) is 2. The van der Waals surface area contributed by atoms with Crippen molar-refractivity contribution in [3.05, 3.63) is 23.3 Å². The molecule has 4 unspecified atom stereocenters. The summed E-state index contributed by atoms with van der Waals surface area (Å²) in [5.41, 5.74) is 0.808. The molecule has 4 heteroatoms. The molecule has 2 aliphatic carbocycles. The lowest BCUT2D eigenvalue weighted by Crippen LogP contribution is -2.24. The van der Waals surface area contributed by atoms with Crippen molar-refractivity contribution in [1.82, 2.24) is 0 Å². The standard InChI is InChI=1S/C11H10F2O2/c12-10-4-3-5(11(10)13)9-7(15)2-1-6(14)8(4)9/h1-2,4-5,10-11,14-15H,3H2. The maximum absolute atomic E-state index is 13.4. The zero-order valence-corrected chi connectivity index (χ0v) is 7.82. The van der Waals surface area contributed by atoms with E-state index in [1.54, 1.807) is 0 Å². The van der Waals surface area contributed by atoms with Gasteiger partial charge in [-0.05, 0) is 18.6 Å². The van der Waals surface area contributed by atoms with Crippen molar-refractivity contribution >= 4 is 0 Å². The first-order valence-corrected chi connectivity index (χ1v) is 4.94. The fraction of sp³-hybridized carbons (Fsp3) is 0.455. The summed E-state index contributed by atoms with van der Waals surface area (Å²) in [5, 5.41) is 19.2. The molecule has 1 fully saturated rings. The van der Waals surface area contributed by atoms with Crippen molar-refractivity contribution in [3.63, 3.8) is 0 Å². The van der Waals surface area contributed by atoms with Gasteiger partial charge >= 0.3 is 0 Å². The van der Waals surface area contributed by atoms with Crippen LogP contribution in [0.3, 0.4) is 0 Å². The Kier molecular flexibility index (Phi) is 1.56. The van der Waals surface area contributed by atoms with Crippen molar-refractivity contribution in [2.24, 2.45) is 0 Å². The van der Waals surface area contributed by atoms with Crippen LogP contribution in [0.4, 0.5) is 8.78 Å². The molecule has 1 saturated carbocycles. The minimum atomic E-state index is -1.55. The summed E-state index contributed by atoms with van der Waals surface area (Å²) in [6, 6.07) is 2.66. The lowest BCUT2D eigenvalue weighted by Gasteiger charge is -2.23. The van der Waals surface area contributed by atoms with Crippen LogP contribution in [-0.4, -0.2) is 22.6 Å². The molecular weight excluding hydrogens is 202 g/mol.